The van der Waals surface area contributed by atoms with Gasteiger partial charge in [-0.15, -0.1) is 0 Å². The molecule has 29 heavy (non-hydrogen) atoms. The van der Waals surface area contributed by atoms with Gasteiger partial charge in [0.25, 0.3) is 11.8 Å². The third-order valence-electron chi connectivity index (χ3n) is 5.06. The van der Waals surface area contributed by atoms with E-state index in [-0.39, 0.29) is 36.9 Å². The average molecular weight is 410 g/mol. The summed E-state index contributed by atoms with van der Waals surface area (Å²) in [6.45, 7) is 4.42. The first-order chi connectivity index (χ1) is 13.8. The summed E-state index contributed by atoms with van der Waals surface area (Å²) in [6, 6.07) is 2.89. The van der Waals surface area contributed by atoms with Crippen molar-refractivity contribution in [2.45, 2.75) is 64.5 Å². The number of halogens is 2. The lowest BCUT2D eigenvalue weighted by atomic mass is 9.99. The maximum Gasteiger partial charge on any atom is 0.306 e. The van der Waals surface area contributed by atoms with Crippen LogP contribution in [-0.2, 0) is 14.3 Å². The van der Waals surface area contributed by atoms with Crippen LogP contribution in [0.25, 0.3) is 0 Å². The molecule has 1 fully saturated rings. The Labute approximate surface area is 169 Å². The van der Waals surface area contributed by atoms with Crippen LogP contribution in [0.4, 0.5) is 8.78 Å². The molecule has 2 atom stereocenters. The summed E-state index contributed by atoms with van der Waals surface area (Å²) in [5.41, 5.74) is -0.264. The molecule has 0 radical (unpaired) electrons. The van der Waals surface area contributed by atoms with Gasteiger partial charge >= 0.3 is 5.97 Å². The highest BCUT2D eigenvalue weighted by atomic mass is 19.1. The molecule has 0 spiro atoms. The van der Waals surface area contributed by atoms with Crippen LogP contribution in [0, 0.1) is 11.6 Å². The number of ether oxygens (including phenoxy) is 1. The van der Waals surface area contributed by atoms with E-state index in [4.69, 9.17) is 4.74 Å². The number of benzene rings is 1. The molecular formula is C21H28F2N2O4. The first-order valence-electron chi connectivity index (χ1n) is 10.1. The number of carbonyl (C=O) groups is 3. The predicted octanol–water partition coefficient (Wildman–Crippen LogP) is 3.20. The molecule has 1 saturated heterocycles. The Balaban J connectivity index is 1.72. The van der Waals surface area contributed by atoms with Crippen LogP contribution >= 0.6 is 0 Å². The molecular weight excluding hydrogens is 382 g/mol. The van der Waals surface area contributed by atoms with Crippen molar-refractivity contribution in [3.8, 4) is 0 Å². The minimum absolute atomic E-state index is 0.0149. The maximum absolute atomic E-state index is 13.6. The highest BCUT2D eigenvalue weighted by molar-refractivity contribution is 5.94. The number of esters is 1. The zero-order valence-corrected chi connectivity index (χ0v) is 16.9. The Bertz CT molecular complexity index is 741. The van der Waals surface area contributed by atoms with Gasteiger partial charge in [0.2, 0.25) is 0 Å². The van der Waals surface area contributed by atoms with Crippen molar-refractivity contribution >= 4 is 17.8 Å². The molecule has 0 bridgehead atoms. The highest BCUT2D eigenvalue weighted by Crippen LogP contribution is 2.21. The van der Waals surface area contributed by atoms with Crippen molar-refractivity contribution in [3.05, 3.63) is 35.4 Å². The van der Waals surface area contributed by atoms with Gasteiger partial charge in [-0.3, -0.25) is 14.4 Å². The lowest BCUT2D eigenvalue weighted by molar-refractivity contribution is -0.161. The summed E-state index contributed by atoms with van der Waals surface area (Å²) >= 11 is 0. The Hall–Kier alpha value is -2.51. The second-order valence-electron chi connectivity index (χ2n) is 7.21. The molecule has 1 aliphatic rings. The van der Waals surface area contributed by atoms with Gasteiger partial charge < -0.3 is 15.0 Å². The van der Waals surface area contributed by atoms with E-state index < -0.39 is 29.6 Å². The standard InChI is InChI=1S/C21H28F2N2O4/c1-3-16-7-4-5-12-25(16)21(28)14(2)29-19(26)8-6-11-24-20(27)17-10-9-15(22)13-18(17)23/h9-10,13-14,16H,3-8,11-12H2,1-2H3,(H,24,27). The summed E-state index contributed by atoms with van der Waals surface area (Å²) in [5, 5.41) is 2.47. The van der Waals surface area contributed by atoms with Crippen molar-refractivity contribution in [1.82, 2.24) is 10.2 Å². The predicted molar refractivity (Wildman–Crippen MR) is 103 cm³/mol. The highest BCUT2D eigenvalue weighted by Gasteiger charge is 2.30. The molecule has 1 aliphatic heterocycles. The molecule has 0 saturated carbocycles. The molecule has 6 nitrogen and oxygen atoms in total. The monoisotopic (exact) mass is 410 g/mol. The fraction of sp³-hybridized carbons (Fsp3) is 0.571. The van der Waals surface area contributed by atoms with Crippen molar-refractivity contribution in [2.24, 2.45) is 0 Å². The van der Waals surface area contributed by atoms with Gasteiger partial charge in [0.05, 0.1) is 5.56 Å². The fourth-order valence-corrected chi connectivity index (χ4v) is 3.46. The Morgan fingerprint density at radius 1 is 1.28 bits per heavy atom. The minimum atomic E-state index is -0.947. The molecule has 1 N–H and O–H groups in total. The molecule has 0 aliphatic carbocycles. The van der Waals surface area contributed by atoms with Crippen molar-refractivity contribution < 1.29 is 27.9 Å². The van der Waals surface area contributed by atoms with E-state index >= 15 is 0 Å². The minimum Gasteiger partial charge on any atom is -0.453 e. The summed E-state index contributed by atoms with van der Waals surface area (Å²) < 4.78 is 31.7. The number of rotatable bonds is 8. The van der Waals surface area contributed by atoms with Gasteiger partial charge in [0.15, 0.2) is 6.10 Å². The van der Waals surface area contributed by atoms with E-state index in [1.54, 1.807) is 11.8 Å². The number of nitrogens with one attached hydrogen (secondary N) is 1. The molecule has 160 valence electrons. The summed E-state index contributed by atoms with van der Waals surface area (Å²) in [4.78, 5) is 38.2. The fourth-order valence-electron chi connectivity index (χ4n) is 3.46. The zero-order chi connectivity index (χ0) is 21.4. The SMILES string of the molecule is CCC1CCCCN1C(=O)C(C)OC(=O)CCCNC(=O)c1ccc(F)cc1F. The van der Waals surface area contributed by atoms with Crippen LogP contribution in [0.15, 0.2) is 18.2 Å². The molecule has 1 aromatic rings. The average Bonchev–Trinajstić information content (AvgIpc) is 2.70. The summed E-state index contributed by atoms with van der Waals surface area (Å²) in [6.07, 6.45) is 3.34. The van der Waals surface area contributed by atoms with E-state index in [0.29, 0.717) is 12.6 Å². The van der Waals surface area contributed by atoms with E-state index in [2.05, 4.69) is 5.32 Å². The molecule has 1 heterocycles. The van der Waals surface area contributed by atoms with Gasteiger partial charge in [0, 0.05) is 31.6 Å². The molecule has 2 amide bonds. The topological polar surface area (TPSA) is 75.7 Å². The first-order valence-corrected chi connectivity index (χ1v) is 10.1. The quantitative estimate of drug-likeness (QED) is 0.528. The Morgan fingerprint density at radius 3 is 2.72 bits per heavy atom. The van der Waals surface area contributed by atoms with Gasteiger partial charge in [-0.1, -0.05) is 6.92 Å². The van der Waals surface area contributed by atoms with Crippen LogP contribution in [0.3, 0.4) is 0 Å². The van der Waals surface area contributed by atoms with Gasteiger partial charge in [-0.2, -0.15) is 0 Å². The molecule has 8 heteroatoms. The van der Waals surface area contributed by atoms with Crippen LogP contribution in [0.2, 0.25) is 0 Å². The number of hydrogen-bond donors (Lipinski definition) is 1. The van der Waals surface area contributed by atoms with Crippen LogP contribution < -0.4 is 5.32 Å². The lowest BCUT2D eigenvalue weighted by Gasteiger charge is -2.36. The Kier molecular flexibility index (Phi) is 8.54. The molecule has 1 aromatic carbocycles. The van der Waals surface area contributed by atoms with Gasteiger partial charge in [-0.25, -0.2) is 8.78 Å². The third kappa shape index (κ3) is 6.51. The number of piperidine rings is 1. The first kappa shape index (κ1) is 22.8. The second-order valence-corrected chi connectivity index (χ2v) is 7.21. The number of nitrogens with zero attached hydrogens (tertiary/aromatic N) is 1. The number of carbonyl (C=O) groups excluding carboxylic acids is 3. The number of amides is 2. The third-order valence-corrected chi connectivity index (χ3v) is 5.06. The normalized spacial score (nSPS) is 17.5. The molecule has 2 unspecified atom stereocenters. The van der Waals surface area contributed by atoms with E-state index in [9.17, 15) is 23.2 Å². The zero-order valence-electron chi connectivity index (χ0n) is 16.9. The largest absolute Gasteiger partial charge is 0.453 e. The van der Waals surface area contributed by atoms with E-state index in [0.717, 1.165) is 37.8 Å². The smallest absolute Gasteiger partial charge is 0.306 e. The number of likely N-dealkylation sites (tertiary alicyclic amines) is 1. The van der Waals surface area contributed by atoms with Crippen LogP contribution in [0.1, 0.15) is 62.7 Å². The second kappa shape index (κ2) is 10.9. The van der Waals surface area contributed by atoms with Crippen molar-refractivity contribution in [3.63, 3.8) is 0 Å². The lowest BCUT2D eigenvalue weighted by Crippen LogP contribution is -2.48. The number of hydrogen-bond acceptors (Lipinski definition) is 4. The van der Waals surface area contributed by atoms with Gasteiger partial charge in [0.1, 0.15) is 11.6 Å². The van der Waals surface area contributed by atoms with Crippen LogP contribution in [-0.4, -0.2) is 47.9 Å². The molecule has 0 aromatic heterocycles. The van der Waals surface area contributed by atoms with E-state index in [1.807, 2.05) is 6.92 Å². The van der Waals surface area contributed by atoms with Crippen molar-refractivity contribution in [2.75, 3.05) is 13.1 Å². The summed E-state index contributed by atoms with van der Waals surface area (Å²) in [7, 11) is 0. The maximum atomic E-state index is 13.6. The molecule has 2 rings (SSSR count). The van der Waals surface area contributed by atoms with Crippen LogP contribution in [0.5, 0.6) is 0 Å². The van der Waals surface area contributed by atoms with Gasteiger partial charge in [-0.05, 0) is 51.2 Å². The Morgan fingerprint density at radius 2 is 2.03 bits per heavy atom. The van der Waals surface area contributed by atoms with Crippen molar-refractivity contribution in [1.29, 1.82) is 0 Å². The van der Waals surface area contributed by atoms with E-state index in [1.165, 1.54) is 0 Å². The summed E-state index contributed by atoms with van der Waals surface area (Å²) in [5.74, 6) is -3.10.